The molecule has 1 aromatic carbocycles. The lowest BCUT2D eigenvalue weighted by Gasteiger charge is -2.15. The Balaban J connectivity index is 2.51. The van der Waals surface area contributed by atoms with Crippen LogP contribution in [0.3, 0.4) is 0 Å². The summed E-state index contributed by atoms with van der Waals surface area (Å²) in [7, 11) is 0. The molecule has 3 rings (SSSR count). The molecule has 6 N–H and O–H groups in total. The smallest absolute Gasteiger partial charge is 0.272 e. The van der Waals surface area contributed by atoms with Gasteiger partial charge in [0.2, 0.25) is 0 Å². The number of aromatic nitrogens is 2. The van der Waals surface area contributed by atoms with Gasteiger partial charge in [-0.3, -0.25) is 9.78 Å². The van der Waals surface area contributed by atoms with Crippen LogP contribution in [0.25, 0.3) is 22.2 Å². The second-order valence-corrected chi connectivity index (χ2v) is 5.80. The largest absolute Gasteiger partial charge is 0.396 e. The fraction of sp³-hybridized carbons (Fsp3) is 0.167. The molecule has 0 unspecified atom stereocenters. The van der Waals surface area contributed by atoms with E-state index in [2.05, 4.69) is 9.97 Å². The molecule has 6 nitrogen and oxygen atoms in total. The van der Waals surface area contributed by atoms with E-state index in [9.17, 15) is 9.18 Å². The molecule has 2 heterocycles. The first-order valence-corrected chi connectivity index (χ1v) is 7.79. The van der Waals surface area contributed by atoms with Crippen LogP contribution in [0.2, 0.25) is 0 Å². The maximum absolute atomic E-state index is 13.8. The lowest BCUT2D eigenvalue weighted by molar-refractivity contribution is 0.632. The lowest BCUT2D eigenvalue weighted by Crippen LogP contribution is -2.15. The Morgan fingerprint density at radius 1 is 1.32 bits per heavy atom. The predicted octanol–water partition coefficient (Wildman–Crippen LogP) is 2.76. The van der Waals surface area contributed by atoms with E-state index >= 15 is 0 Å². The number of nitrogens with one attached hydrogen (secondary N) is 2. The van der Waals surface area contributed by atoms with Gasteiger partial charge in [-0.2, -0.15) is 0 Å². The van der Waals surface area contributed by atoms with Crippen molar-refractivity contribution in [3.05, 3.63) is 51.2 Å². The maximum Gasteiger partial charge on any atom is 0.272 e. The molecule has 0 fully saturated rings. The van der Waals surface area contributed by atoms with Crippen LogP contribution in [-0.4, -0.2) is 16.2 Å². The molecule has 0 aliphatic rings. The summed E-state index contributed by atoms with van der Waals surface area (Å²) in [5.41, 5.74) is 15.0. The molecule has 0 saturated carbocycles. The third kappa shape index (κ3) is 2.44. The van der Waals surface area contributed by atoms with Crippen LogP contribution in [0, 0.1) is 18.2 Å². The Labute approximate surface area is 143 Å². The van der Waals surface area contributed by atoms with Crippen LogP contribution < -0.4 is 17.0 Å². The first kappa shape index (κ1) is 16.6. The van der Waals surface area contributed by atoms with Crippen LogP contribution in [0.4, 0.5) is 15.8 Å². The number of aromatic amines is 1. The molecular weight excluding hydrogens is 321 g/mol. The molecule has 3 aromatic rings. The Morgan fingerprint density at radius 3 is 2.68 bits per heavy atom. The van der Waals surface area contributed by atoms with Crippen molar-refractivity contribution in [2.45, 2.75) is 20.3 Å². The Hall–Kier alpha value is -3.22. The van der Waals surface area contributed by atoms with Gasteiger partial charge in [0, 0.05) is 23.5 Å². The lowest BCUT2D eigenvalue weighted by atomic mass is 9.95. The third-order valence-electron chi connectivity index (χ3n) is 4.46. The summed E-state index contributed by atoms with van der Waals surface area (Å²) < 4.78 is 13.8. The van der Waals surface area contributed by atoms with E-state index in [0.717, 1.165) is 23.8 Å². The number of nitrogen functional groups attached to an aromatic ring is 2. The van der Waals surface area contributed by atoms with E-state index in [-0.39, 0.29) is 16.9 Å². The van der Waals surface area contributed by atoms with E-state index in [0.29, 0.717) is 22.2 Å². The molecule has 128 valence electrons. The Kier molecular flexibility index (Phi) is 4.00. The average molecular weight is 339 g/mol. The van der Waals surface area contributed by atoms with Crippen LogP contribution in [-0.2, 0) is 6.42 Å². The monoisotopic (exact) mass is 339 g/mol. The van der Waals surface area contributed by atoms with Gasteiger partial charge in [0.15, 0.2) is 0 Å². The second-order valence-electron chi connectivity index (χ2n) is 5.80. The van der Waals surface area contributed by atoms with Gasteiger partial charge >= 0.3 is 0 Å². The first-order valence-electron chi connectivity index (χ1n) is 7.79. The van der Waals surface area contributed by atoms with E-state index in [1.165, 1.54) is 12.1 Å². The minimum absolute atomic E-state index is 0.0437. The fourth-order valence-corrected chi connectivity index (χ4v) is 3.02. The quantitative estimate of drug-likeness (QED) is 0.433. The molecule has 0 amide bonds. The highest BCUT2D eigenvalue weighted by atomic mass is 19.1. The summed E-state index contributed by atoms with van der Waals surface area (Å²) in [6, 6.07) is 2.65. The number of aryl methyl sites for hydroxylation is 2. The average Bonchev–Trinajstić information content (AvgIpc) is 2.60. The molecule has 0 radical (unpaired) electrons. The van der Waals surface area contributed by atoms with Crippen LogP contribution in [0.5, 0.6) is 0 Å². The summed E-state index contributed by atoms with van der Waals surface area (Å²) in [6.07, 6.45) is 3.45. The highest BCUT2D eigenvalue weighted by Gasteiger charge is 2.20. The van der Waals surface area contributed by atoms with Gasteiger partial charge < -0.3 is 21.9 Å². The van der Waals surface area contributed by atoms with Gasteiger partial charge in [0.25, 0.3) is 5.56 Å². The van der Waals surface area contributed by atoms with Gasteiger partial charge in [-0.05, 0) is 36.1 Å². The fourth-order valence-electron chi connectivity index (χ4n) is 3.02. The summed E-state index contributed by atoms with van der Waals surface area (Å²) in [5.74, 6) is -0.632. The summed E-state index contributed by atoms with van der Waals surface area (Å²) in [4.78, 5) is 19.6. The van der Waals surface area contributed by atoms with E-state index in [1.54, 1.807) is 6.20 Å². The molecule has 7 heteroatoms. The van der Waals surface area contributed by atoms with E-state index in [1.807, 2.05) is 13.8 Å². The third-order valence-corrected chi connectivity index (χ3v) is 4.46. The van der Waals surface area contributed by atoms with Crippen LogP contribution in [0.1, 0.15) is 23.6 Å². The van der Waals surface area contributed by atoms with Gasteiger partial charge in [0.1, 0.15) is 11.5 Å². The Morgan fingerprint density at radius 2 is 2.04 bits per heavy atom. The molecule has 0 aliphatic carbocycles. The molecule has 0 saturated heterocycles. The van der Waals surface area contributed by atoms with Crippen molar-refractivity contribution in [2.24, 2.45) is 0 Å². The molecule has 0 atom stereocenters. The van der Waals surface area contributed by atoms with Crippen molar-refractivity contribution in [2.75, 3.05) is 11.5 Å². The number of rotatable bonds is 3. The SMILES string of the molecule is CCc1cnc2c(-c3ccc(F)c(N)c3C=N)c(N)c(=O)[nH]c2c1C. The number of benzene rings is 1. The van der Waals surface area contributed by atoms with Crippen molar-refractivity contribution < 1.29 is 4.39 Å². The molecule has 0 spiro atoms. The number of H-pyrrole nitrogens is 1. The minimum Gasteiger partial charge on any atom is -0.396 e. The normalized spacial score (nSPS) is 11.0. The van der Waals surface area contributed by atoms with Crippen LogP contribution in [0.15, 0.2) is 23.1 Å². The molecule has 25 heavy (non-hydrogen) atoms. The zero-order valence-corrected chi connectivity index (χ0v) is 13.9. The standard InChI is InChI=1S/C18H18FN5O/c1-3-9-7-23-17-13(15(22)18(25)24-16(17)8(9)2)10-4-5-12(19)14(21)11(10)6-20/h4-7,20H,3,21-22H2,1-2H3,(H,24,25). The van der Waals surface area contributed by atoms with Gasteiger partial charge in [-0.15, -0.1) is 0 Å². The summed E-state index contributed by atoms with van der Waals surface area (Å²) >= 11 is 0. The summed E-state index contributed by atoms with van der Waals surface area (Å²) in [5, 5.41) is 7.59. The molecule has 0 aliphatic heterocycles. The van der Waals surface area contributed by atoms with Crippen molar-refractivity contribution in [3.8, 4) is 11.1 Å². The van der Waals surface area contributed by atoms with Crippen molar-refractivity contribution in [1.29, 1.82) is 5.41 Å². The highest BCUT2D eigenvalue weighted by molar-refractivity contribution is 6.05. The number of hydrogen-bond acceptors (Lipinski definition) is 5. The van der Waals surface area contributed by atoms with Crippen LogP contribution >= 0.6 is 0 Å². The number of nitrogens with zero attached hydrogens (tertiary/aromatic N) is 1. The van der Waals surface area contributed by atoms with Gasteiger partial charge in [-0.25, -0.2) is 4.39 Å². The Bertz CT molecular complexity index is 1070. The van der Waals surface area contributed by atoms with Crippen molar-refractivity contribution in [3.63, 3.8) is 0 Å². The number of fused-ring (bicyclic) bond motifs is 1. The highest BCUT2D eigenvalue weighted by Crippen LogP contribution is 2.35. The molecule has 0 bridgehead atoms. The minimum atomic E-state index is -0.632. The second kappa shape index (κ2) is 6.01. The van der Waals surface area contributed by atoms with Crippen molar-refractivity contribution >= 4 is 28.6 Å². The van der Waals surface area contributed by atoms with E-state index < -0.39 is 11.4 Å². The number of nitrogens with two attached hydrogens (primary N) is 2. The summed E-state index contributed by atoms with van der Waals surface area (Å²) in [6.45, 7) is 3.90. The zero-order valence-electron chi connectivity index (χ0n) is 13.9. The predicted molar refractivity (Wildman–Crippen MR) is 98.6 cm³/mol. The molecular formula is C18H18FN5O. The topological polar surface area (TPSA) is 122 Å². The van der Waals surface area contributed by atoms with Crippen molar-refractivity contribution in [1.82, 2.24) is 9.97 Å². The number of pyridine rings is 2. The zero-order chi connectivity index (χ0) is 18.3. The van der Waals surface area contributed by atoms with E-state index in [4.69, 9.17) is 16.9 Å². The number of halogens is 1. The first-order chi connectivity index (χ1) is 11.9. The van der Waals surface area contributed by atoms with Gasteiger partial charge in [-0.1, -0.05) is 13.0 Å². The number of hydrogen-bond donors (Lipinski definition) is 4. The number of anilines is 2. The molecule has 2 aromatic heterocycles. The van der Waals surface area contributed by atoms with Gasteiger partial charge in [0.05, 0.1) is 16.7 Å². The maximum atomic E-state index is 13.8.